The molecule has 9 heteroatoms. The third-order valence-electron chi connectivity index (χ3n) is 4.28. The number of benzene rings is 2. The first-order valence-corrected chi connectivity index (χ1v) is 9.70. The van der Waals surface area contributed by atoms with Gasteiger partial charge in [0.15, 0.2) is 0 Å². The normalized spacial score (nSPS) is 17.4. The van der Waals surface area contributed by atoms with Crippen LogP contribution < -0.4 is 20.1 Å². The van der Waals surface area contributed by atoms with Crippen molar-refractivity contribution < 1.29 is 22.7 Å². The molecular formula is C18H19N3O5S. The minimum atomic E-state index is -3.74. The Balaban J connectivity index is 1.66. The first-order valence-electron chi connectivity index (χ1n) is 8.15. The molecule has 0 saturated carbocycles. The van der Waals surface area contributed by atoms with Crippen molar-refractivity contribution >= 4 is 27.5 Å². The Hall–Kier alpha value is -2.75. The topological polar surface area (TPSA) is 119 Å². The Morgan fingerprint density at radius 3 is 2.30 bits per heavy atom. The molecule has 2 amide bonds. The lowest BCUT2D eigenvalue weighted by Crippen LogP contribution is -2.38. The monoisotopic (exact) mass is 389 g/mol. The Morgan fingerprint density at radius 2 is 1.74 bits per heavy atom. The van der Waals surface area contributed by atoms with E-state index in [4.69, 9.17) is 9.88 Å². The zero-order chi connectivity index (χ0) is 19.6. The van der Waals surface area contributed by atoms with E-state index in [2.05, 4.69) is 5.32 Å². The SMILES string of the molecule is COc1ccc(N2C(=O)C[C@@H](NCc3ccc(S(N)(=O)=O)cc3)C2=O)cc1. The Bertz CT molecular complexity index is 955. The molecule has 1 heterocycles. The highest BCUT2D eigenvalue weighted by Gasteiger charge is 2.39. The fraction of sp³-hybridized carbons (Fsp3) is 0.222. The molecule has 0 spiro atoms. The van der Waals surface area contributed by atoms with Gasteiger partial charge in [-0.25, -0.2) is 18.5 Å². The van der Waals surface area contributed by atoms with E-state index in [1.165, 1.54) is 19.2 Å². The number of rotatable bonds is 6. The van der Waals surface area contributed by atoms with Gasteiger partial charge in [0.2, 0.25) is 15.9 Å². The molecule has 3 rings (SSSR count). The number of anilines is 1. The van der Waals surface area contributed by atoms with Crippen LogP contribution in [0.3, 0.4) is 0 Å². The van der Waals surface area contributed by atoms with Crippen LogP contribution in [0.1, 0.15) is 12.0 Å². The first-order chi connectivity index (χ1) is 12.8. The maximum absolute atomic E-state index is 12.6. The highest BCUT2D eigenvalue weighted by molar-refractivity contribution is 7.89. The van der Waals surface area contributed by atoms with Crippen molar-refractivity contribution in [1.29, 1.82) is 0 Å². The number of nitrogens with two attached hydrogens (primary N) is 1. The second-order valence-corrected chi connectivity index (χ2v) is 7.65. The quantitative estimate of drug-likeness (QED) is 0.704. The number of amides is 2. The summed E-state index contributed by atoms with van der Waals surface area (Å²) in [5, 5.41) is 8.10. The van der Waals surface area contributed by atoms with Gasteiger partial charge in [-0.2, -0.15) is 0 Å². The van der Waals surface area contributed by atoms with E-state index < -0.39 is 16.1 Å². The van der Waals surface area contributed by atoms with Gasteiger partial charge in [-0.15, -0.1) is 0 Å². The molecule has 0 aliphatic carbocycles. The second kappa shape index (κ2) is 7.47. The summed E-state index contributed by atoms with van der Waals surface area (Å²) in [7, 11) is -2.21. The lowest BCUT2D eigenvalue weighted by atomic mass is 10.2. The number of methoxy groups -OCH3 is 1. The molecule has 27 heavy (non-hydrogen) atoms. The molecule has 1 atom stereocenters. The van der Waals surface area contributed by atoms with Gasteiger partial charge in [0.1, 0.15) is 5.75 Å². The van der Waals surface area contributed by atoms with Gasteiger partial charge >= 0.3 is 0 Å². The van der Waals surface area contributed by atoms with Crippen LogP contribution in [0.25, 0.3) is 0 Å². The first kappa shape index (κ1) is 19.0. The maximum atomic E-state index is 12.6. The number of nitrogens with zero attached hydrogens (tertiary/aromatic N) is 1. The van der Waals surface area contributed by atoms with Gasteiger partial charge in [0, 0.05) is 6.54 Å². The van der Waals surface area contributed by atoms with Gasteiger partial charge in [0.05, 0.1) is 30.2 Å². The van der Waals surface area contributed by atoms with Crippen molar-refractivity contribution in [2.45, 2.75) is 23.9 Å². The van der Waals surface area contributed by atoms with Crippen molar-refractivity contribution in [2.24, 2.45) is 5.14 Å². The molecule has 8 nitrogen and oxygen atoms in total. The van der Waals surface area contributed by atoms with Gasteiger partial charge < -0.3 is 10.1 Å². The van der Waals surface area contributed by atoms with Crippen molar-refractivity contribution in [3.05, 3.63) is 54.1 Å². The highest BCUT2D eigenvalue weighted by Crippen LogP contribution is 2.25. The van der Waals surface area contributed by atoms with E-state index in [0.29, 0.717) is 18.0 Å². The number of sulfonamides is 1. The number of imide groups is 1. The minimum absolute atomic E-state index is 0.0176. The Morgan fingerprint density at radius 1 is 1.11 bits per heavy atom. The largest absolute Gasteiger partial charge is 0.497 e. The third kappa shape index (κ3) is 4.16. The molecule has 1 saturated heterocycles. The van der Waals surface area contributed by atoms with Crippen molar-refractivity contribution in [3.63, 3.8) is 0 Å². The van der Waals surface area contributed by atoms with Crippen LogP contribution in [0.15, 0.2) is 53.4 Å². The molecule has 142 valence electrons. The van der Waals surface area contributed by atoms with Crippen LogP contribution in [0.2, 0.25) is 0 Å². The minimum Gasteiger partial charge on any atom is -0.497 e. The lowest BCUT2D eigenvalue weighted by Gasteiger charge is -2.16. The number of hydrogen-bond acceptors (Lipinski definition) is 6. The second-order valence-electron chi connectivity index (χ2n) is 6.09. The smallest absolute Gasteiger partial charge is 0.251 e. The standard InChI is InChI=1S/C18H19N3O5S/c1-26-14-6-4-13(5-7-14)21-17(22)10-16(18(21)23)20-11-12-2-8-15(9-3-12)27(19,24)25/h2-9,16,20H,10-11H2,1H3,(H2,19,24,25)/t16-/m1/s1. The van der Waals surface area contributed by atoms with Gasteiger partial charge in [-0.1, -0.05) is 12.1 Å². The predicted octanol–water partition coefficient (Wildman–Crippen LogP) is 0.764. The molecule has 1 aliphatic heterocycles. The van der Waals surface area contributed by atoms with E-state index in [1.807, 2.05) is 0 Å². The van der Waals surface area contributed by atoms with E-state index in [-0.39, 0.29) is 23.1 Å². The Labute approximate surface area is 157 Å². The van der Waals surface area contributed by atoms with Crippen LogP contribution in [0, 0.1) is 0 Å². The number of carbonyl (C=O) groups is 2. The number of hydrogen-bond donors (Lipinski definition) is 2. The number of primary sulfonamides is 1. The number of carbonyl (C=O) groups excluding carboxylic acids is 2. The summed E-state index contributed by atoms with van der Waals surface area (Å²) >= 11 is 0. The summed E-state index contributed by atoms with van der Waals surface area (Å²) in [6, 6.07) is 12.1. The maximum Gasteiger partial charge on any atom is 0.251 e. The van der Waals surface area contributed by atoms with Crippen molar-refractivity contribution in [1.82, 2.24) is 5.32 Å². The van der Waals surface area contributed by atoms with Crippen molar-refractivity contribution in [3.8, 4) is 5.75 Å². The molecule has 0 unspecified atom stereocenters. The van der Waals surface area contributed by atoms with E-state index >= 15 is 0 Å². The highest BCUT2D eigenvalue weighted by atomic mass is 32.2. The van der Waals surface area contributed by atoms with Crippen LogP contribution in [0.4, 0.5) is 5.69 Å². The average molecular weight is 389 g/mol. The number of ether oxygens (including phenoxy) is 1. The molecule has 0 radical (unpaired) electrons. The zero-order valence-corrected chi connectivity index (χ0v) is 15.4. The molecule has 2 aromatic rings. The van der Waals surface area contributed by atoms with Crippen molar-refractivity contribution in [2.75, 3.05) is 12.0 Å². The molecule has 2 aromatic carbocycles. The fourth-order valence-electron chi connectivity index (χ4n) is 2.83. The number of nitrogens with one attached hydrogen (secondary N) is 1. The summed E-state index contributed by atoms with van der Waals surface area (Å²) < 4.78 is 27.6. The van der Waals surface area contributed by atoms with E-state index in [1.54, 1.807) is 36.4 Å². The third-order valence-corrected chi connectivity index (χ3v) is 5.21. The van der Waals surface area contributed by atoms with Gasteiger partial charge in [-0.3, -0.25) is 9.59 Å². The van der Waals surface area contributed by atoms with E-state index in [0.717, 1.165) is 10.5 Å². The average Bonchev–Trinajstić information content (AvgIpc) is 2.93. The van der Waals surface area contributed by atoms with Gasteiger partial charge in [0.25, 0.3) is 5.91 Å². The van der Waals surface area contributed by atoms with Crippen LogP contribution in [0.5, 0.6) is 5.75 Å². The molecule has 1 fully saturated rings. The molecule has 1 aliphatic rings. The lowest BCUT2D eigenvalue weighted by molar-refractivity contribution is -0.121. The van der Waals surface area contributed by atoms with Gasteiger partial charge in [-0.05, 0) is 42.0 Å². The summed E-state index contributed by atoms with van der Waals surface area (Å²) in [6.07, 6.45) is 0.0557. The molecule has 0 aromatic heterocycles. The molecular weight excluding hydrogens is 370 g/mol. The summed E-state index contributed by atoms with van der Waals surface area (Å²) in [5.74, 6) is 0.0222. The van der Waals surface area contributed by atoms with E-state index in [9.17, 15) is 18.0 Å². The zero-order valence-electron chi connectivity index (χ0n) is 14.6. The fourth-order valence-corrected chi connectivity index (χ4v) is 3.35. The summed E-state index contributed by atoms with van der Waals surface area (Å²) in [6.45, 7) is 0.311. The molecule has 3 N–H and O–H groups in total. The summed E-state index contributed by atoms with van der Waals surface area (Å²) in [4.78, 5) is 26.0. The predicted molar refractivity (Wildman–Crippen MR) is 98.5 cm³/mol. The Kier molecular flexibility index (Phi) is 5.26. The van der Waals surface area contributed by atoms with Crippen LogP contribution in [-0.2, 0) is 26.2 Å². The molecule has 0 bridgehead atoms. The summed E-state index contributed by atoms with van der Waals surface area (Å²) in [5.41, 5.74) is 1.26. The van der Waals surface area contributed by atoms with Crippen LogP contribution >= 0.6 is 0 Å². The van der Waals surface area contributed by atoms with Crippen LogP contribution in [-0.4, -0.2) is 33.4 Å².